The third kappa shape index (κ3) is 6.10. The van der Waals surface area contributed by atoms with Crippen LogP contribution in [-0.2, 0) is 4.84 Å². The Hall–Kier alpha value is -2.77. The predicted octanol–water partition coefficient (Wildman–Crippen LogP) is 2.24. The molecule has 156 valence electrons. The Balaban J connectivity index is 1.39. The van der Waals surface area contributed by atoms with Crippen LogP contribution in [0.4, 0.5) is 5.69 Å². The van der Waals surface area contributed by atoms with E-state index < -0.39 is 6.10 Å². The molecule has 2 aromatic rings. The maximum atomic E-state index is 10.3. The number of β-amino-alcohol motifs (C(OH)–C–C–N with tert-alkyl or cyclic N) is 1. The molecule has 1 atom stereocenters. The topological polar surface area (TPSA) is 66.8 Å². The summed E-state index contributed by atoms with van der Waals surface area (Å²) in [6.45, 7) is 4.26. The van der Waals surface area contributed by atoms with Crippen LogP contribution in [-0.4, -0.2) is 75.9 Å². The van der Waals surface area contributed by atoms with Gasteiger partial charge >= 0.3 is 0 Å². The highest BCUT2D eigenvalue weighted by Gasteiger charge is 2.21. The van der Waals surface area contributed by atoms with Gasteiger partial charge in [-0.1, -0.05) is 29.4 Å². The highest BCUT2D eigenvalue weighted by molar-refractivity contribution is 5.79. The van der Waals surface area contributed by atoms with Crippen molar-refractivity contribution < 1.29 is 19.4 Å². The highest BCUT2D eigenvalue weighted by Crippen LogP contribution is 2.28. The third-order valence-electron chi connectivity index (χ3n) is 4.90. The number of aliphatic hydroxyl groups excluding tert-OH is 1. The molecule has 1 heterocycles. The van der Waals surface area contributed by atoms with Crippen molar-refractivity contribution in [3.8, 4) is 11.5 Å². The van der Waals surface area contributed by atoms with E-state index in [0.29, 0.717) is 6.54 Å². The van der Waals surface area contributed by atoms with E-state index >= 15 is 0 Å². The number of ether oxygens (including phenoxy) is 2. The van der Waals surface area contributed by atoms with Gasteiger partial charge in [0.15, 0.2) is 0 Å². The van der Waals surface area contributed by atoms with Crippen LogP contribution in [0, 0.1) is 0 Å². The molecule has 0 amide bonds. The summed E-state index contributed by atoms with van der Waals surface area (Å²) < 4.78 is 10.6. The first-order chi connectivity index (χ1) is 14.2. The molecular formula is C22H29N3O4. The Labute approximate surface area is 172 Å². The third-order valence-corrected chi connectivity index (χ3v) is 4.90. The molecule has 0 aliphatic carbocycles. The Kier molecular flexibility index (Phi) is 7.72. The first kappa shape index (κ1) is 21.0. The summed E-state index contributed by atoms with van der Waals surface area (Å²) in [5.74, 6) is 1.66. The van der Waals surface area contributed by atoms with Crippen molar-refractivity contribution in [2.24, 2.45) is 5.16 Å². The fourth-order valence-corrected chi connectivity index (χ4v) is 3.36. The van der Waals surface area contributed by atoms with Crippen molar-refractivity contribution in [3.05, 3.63) is 54.1 Å². The lowest BCUT2D eigenvalue weighted by Gasteiger charge is -2.37. The highest BCUT2D eigenvalue weighted by atomic mass is 16.6. The van der Waals surface area contributed by atoms with Crippen LogP contribution in [0.5, 0.6) is 11.5 Å². The first-order valence-electron chi connectivity index (χ1n) is 9.77. The molecule has 0 aromatic heterocycles. The SMILES string of the molecule is COc1cccc(C=NOCC(O)CN2CCN(c3ccccc3OC)CC2)c1. The maximum Gasteiger partial charge on any atom is 0.144 e. The second-order valence-electron chi connectivity index (χ2n) is 6.92. The number of rotatable bonds is 9. The van der Waals surface area contributed by atoms with Gasteiger partial charge in [0.1, 0.15) is 24.2 Å². The Morgan fingerprint density at radius 2 is 1.83 bits per heavy atom. The molecule has 0 spiro atoms. The molecule has 1 aliphatic rings. The van der Waals surface area contributed by atoms with Crippen LogP contribution in [0.25, 0.3) is 0 Å². The summed E-state index contributed by atoms with van der Waals surface area (Å²) in [5.41, 5.74) is 2.00. The van der Waals surface area contributed by atoms with Crippen LogP contribution in [0.1, 0.15) is 5.56 Å². The van der Waals surface area contributed by atoms with Crippen LogP contribution in [0.15, 0.2) is 53.7 Å². The van der Waals surface area contributed by atoms with Crippen LogP contribution in [0.2, 0.25) is 0 Å². The minimum absolute atomic E-state index is 0.160. The molecule has 1 N–H and O–H groups in total. The van der Waals surface area contributed by atoms with Crippen molar-refractivity contribution >= 4 is 11.9 Å². The average molecular weight is 399 g/mol. The zero-order valence-electron chi connectivity index (χ0n) is 17.0. The van der Waals surface area contributed by atoms with Crippen molar-refractivity contribution in [2.45, 2.75) is 6.10 Å². The number of hydrogen-bond donors (Lipinski definition) is 1. The summed E-state index contributed by atoms with van der Waals surface area (Å²) in [5, 5.41) is 14.2. The standard InChI is InChI=1S/C22H29N3O4/c1-27-20-7-5-6-18(14-20)15-23-29-17-19(26)16-24-10-12-25(13-11-24)21-8-3-4-9-22(21)28-2/h3-9,14-15,19,26H,10-13,16-17H2,1-2H3. The van der Waals surface area contributed by atoms with E-state index in [1.165, 1.54) is 0 Å². The molecule has 1 saturated heterocycles. The molecule has 7 heteroatoms. The molecule has 0 radical (unpaired) electrons. The quantitative estimate of drug-likeness (QED) is 0.515. The van der Waals surface area contributed by atoms with E-state index in [2.05, 4.69) is 21.0 Å². The zero-order chi connectivity index (χ0) is 20.5. The molecule has 1 fully saturated rings. The summed E-state index contributed by atoms with van der Waals surface area (Å²) in [7, 11) is 3.32. The molecular weight excluding hydrogens is 370 g/mol. The van der Waals surface area contributed by atoms with Gasteiger partial charge in [-0.2, -0.15) is 0 Å². The summed E-state index contributed by atoms with van der Waals surface area (Å²) in [6.07, 6.45) is 1.02. The minimum atomic E-state index is -0.588. The van der Waals surface area contributed by atoms with Gasteiger partial charge in [0.25, 0.3) is 0 Å². The summed E-state index contributed by atoms with van der Waals surface area (Å²) >= 11 is 0. The van der Waals surface area contributed by atoms with Crippen LogP contribution in [0.3, 0.4) is 0 Å². The van der Waals surface area contributed by atoms with Gasteiger partial charge < -0.3 is 24.3 Å². The maximum absolute atomic E-state index is 10.3. The molecule has 2 aromatic carbocycles. The van der Waals surface area contributed by atoms with Crippen molar-refractivity contribution in [3.63, 3.8) is 0 Å². The average Bonchev–Trinajstić information content (AvgIpc) is 2.77. The number of benzene rings is 2. The molecule has 3 rings (SSSR count). The van der Waals surface area contributed by atoms with E-state index in [1.807, 2.05) is 42.5 Å². The van der Waals surface area contributed by atoms with Gasteiger partial charge in [0.05, 0.1) is 26.1 Å². The largest absolute Gasteiger partial charge is 0.497 e. The summed E-state index contributed by atoms with van der Waals surface area (Å²) in [4.78, 5) is 9.82. The van der Waals surface area contributed by atoms with Gasteiger partial charge in [-0.05, 0) is 29.8 Å². The number of nitrogens with zero attached hydrogens (tertiary/aromatic N) is 3. The molecule has 0 bridgehead atoms. The van der Waals surface area contributed by atoms with Gasteiger partial charge in [0.2, 0.25) is 0 Å². The van der Waals surface area contributed by atoms with Crippen molar-refractivity contribution in [2.75, 3.05) is 58.5 Å². The number of piperazine rings is 1. The molecule has 1 unspecified atom stereocenters. The van der Waals surface area contributed by atoms with E-state index in [1.54, 1.807) is 20.4 Å². The minimum Gasteiger partial charge on any atom is -0.497 e. The van der Waals surface area contributed by atoms with Gasteiger partial charge in [-0.15, -0.1) is 0 Å². The Morgan fingerprint density at radius 3 is 2.59 bits per heavy atom. The number of methoxy groups -OCH3 is 2. The normalized spacial score (nSPS) is 16.0. The lowest BCUT2D eigenvalue weighted by molar-refractivity contribution is 0.0186. The summed E-state index contributed by atoms with van der Waals surface area (Å²) in [6, 6.07) is 15.6. The van der Waals surface area contributed by atoms with Crippen molar-refractivity contribution in [1.82, 2.24) is 4.90 Å². The Morgan fingerprint density at radius 1 is 1.03 bits per heavy atom. The predicted molar refractivity (Wildman–Crippen MR) is 114 cm³/mol. The van der Waals surface area contributed by atoms with Crippen molar-refractivity contribution in [1.29, 1.82) is 0 Å². The molecule has 1 aliphatic heterocycles. The van der Waals surface area contributed by atoms with Crippen LogP contribution >= 0.6 is 0 Å². The van der Waals surface area contributed by atoms with E-state index in [-0.39, 0.29) is 6.61 Å². The van der Waals surface area contributed by atoms with E-state index in [9.17, 15) is 5.11 Å². The number of oxime groups is 1. The number of para-hydroxylation sites is 2. The number of hydrogen-bond acceptors (Lipinski definition) is 7. The number of anilines is 1. The van der Waals surface area contributed by atoms with Gasteiger partial charge in [-0.3, -0.25) is 4.90 Å². The smallest absolute Gasteiger partial charge is 0.144 e. The molecule has 7 nitrogen and oxygen atoms in total. The number of aliphatic hydroxyl groups is 1. The fourth-order valence-electron chi connectivity index (χ4n) is 3.36. The first-order valence-corrected chi connectivity index (χ1v) is 9.77. The fraction of sp³-hybridized carbons (Fsp3) is 0.409. The molecule has 29 heavy (non-hydrogen) atoms. The van der Waals surface area contributed by atoms with E-state index in [0.717, 1.165) is 48.9 Å². The molecule has 0 saturated carbocycles. The second-order valence-corrected chi connectivity index (χ2v) is 6.92. The lowest BCUT2D eigenvalue weighted by atomic mass is 10.2. The van der Waals surface area contributed by atoms with Crippen LogP contribution < -0.4 is 14.4 Å². The zero-order valence-corrected chi connectivity index (χ0v) is 17.0. The van der Waals surface area contributed by atoms with E-state index in [4.69, 9.17) is 14.3 Å². The van der Waals surface area contributed by atoms with Gasteiger partial charge in [-0.25, -0.2) is 0 Å². The monoisotopic (exact) mass is 399 g/mol. The lowest BCUT2D eigenvalue weighted by Crippen LogP contribution is -2.49. The Bertz CT molecular complexity index is 791. The second kappa shape index (κ2) is 10.7. The van der Waals surface area contributed by atoms with Gasteiger partial charge in [0, 0.05) is 32.7 Å².